The smallest absolute Gasteiger partial charge is 0.335 e. The van der Waals surface area contributed by atoms with E-state index in [0.717, 1.165) is 37.3 Å². The van der Waals surface area contributed by atoms with Crippen LogP contribution in [0.3, 0.4) is 0 Å². The predicted octanol–water partition coefficient (Wildman–Crippen LogP) is 2.09. The molecule has 0 atom stereocenters. The molecule has 3 rings (SSSR count). The SMILES string of the molecule is O=C(O)c1ccc2c(c1)CCC(=O)N2CC1CCOCC1. The van der Waals surface area contributed by atoms with Crippen LogP contribution in [0.4, 0.5) is 5.69 Å². The molecular weight excluding hydrogens is 270 g/mol. The zero-order chi connectivity index (χ0) is 14.8. The van der Waals surface area contributed by atoms with E-state index < -0.39 is 5.97 Å². The number of hydrogen-bond donors (Lipinski definition) is 1. The molecule has 1 N–H and O–H groups in total. The minimum atomic E-state index is -0.925. The molecule has 1 fully saturated rings. The molecule has 1 amide bonds. The molecule has 2 aliphatic heterocycles. The summed E-state index contributed by atoms with van der Waals surface area (Å²) in [5.41, 5.74) is 2.12. The van der Waals surface area contributed by atoms with E-state index in [2.05, 4.69) is 0 Å². The van der Waals surface area contributed by atoms with Crippen LogP contribution >= 0.6 is 0 Å². The monoisotopic (exact) mass is 289 g/mol. The van der Waals surface area contributed by atoms with Gasteiger partial charge >= 0.3 is 5.97 Å². The molecule has 0 aliphatic carbocycles. The topological polar surface area (TPSA) is 66.8 Å². The molecule has 1 aromatic rings. The van der Waals surface area contributed by atoms with Crippen LogP contribution in [0.2, 0.25) is 0 Å². The third kappa shape index (κ3) is 2.93. The van der Waals surface area contributed by atoms with Crippen molar-refractivity contribution in [3.63, 3.8) is 0 Å². The van der Waals surface area contributed by atoms with E-state index in [-0.39, 0.29) is 11.5 Å². The lowest BCUT2D eigenvalue weighted by molar-refractivity contribution is -0.119. The van der Waals surface area contributed by atoms with Crippen molar-refractivity contribution in [3.05, 3.63) is 29.3 Å². The Balaban J connectivity index is 1.84. The average Bonchev–Trinajstić information content (AvgIpc) is 2.50. The Bertz CT molecular complexity index is 563. The normalized spacial score (nSPS) is 19.4. The highest BCUT2D eigenvalue weighted by molar-refractivity contribution is 5.97. The lowest BCUT2D eigenvalue weighted by atomic mass is 9.95. The molecular formula is C16H19NO4. The van der Waals surface area contributed by atoms with Crippen LogP contribution in [0.25, 0.3) is 0 Å². The van der Waals surface area contributed by atoms with Crippen molar-refractivity contribution in [2.75, 3.05) is 24.7 Å². The highest BCUT2D eigenvalue weighted by Gasteiger charge is 2.27. The lowest BCUT2D eigenvalue weighted by Crippen LogP contribution is -2.40. The minimum Gasteiger partial charge on any atom is -0.478 e. The summed E-state index contributed by atoms with van der Waals surface area (Å²) in [4.78, 5) is 25.1. The van der Waals surface area contributed by atoms with Crippen LogP contribution in [-0.4, -0.2) is 36.7 Å². The Morgan fingerprint density at radius 1 is 1.29 bits per heavy atom. The molecule has 21 heavy (non-hydrogen) atoms. The van der Waals surface area contributed by atoms with Gasteiger partial charge in [-0.1, -0.05) is 0 Å². The summed E-state index contributed by atoms with van der Waals surface area (Å²) in [6.45, 7) is 2.23. The van der Waals surface area contributed by atoms with Crippen LogP contribution in [-0.2, 0) is 16.0 Å². The average molecular weight is 289 g/mol. The molecule has 0 bridgehead atoms. The van der Waals surface area contributed by atoms with E-state index in [0.29, 0.717) is 25.3 Å². The Hall–Kier alpha value is -1.88. The summed E-state index contributed by atoms with van der Waals surface area (Å²) in [7, 11) is 0. The predicted molar refractivity (Wildman–Crippen MR) is 77.6 cm³/mol. The van der Waals surface area contributed by atoms with Crippen LogP contribution in [0.5, 0.6) is 0 Å². The van der Waals surface area contributed by atoms with E-state index >= 15 is 0 Å². The standard InChI is InChI=1S/C16H19NO4/c18-15-4-2-12-9-13(16(19)20)1-3-14(12)17(15)10-11-5-7-21-8-6-11/h1,3,9,11H,2,4-8,10H2,(H,19,20). The number of anilines is 1. The highest BCUT2D eigenvalue weighted by Crippen LogP contribution is 2.30. The molecule has 1 saturated heterocycles. The highest BCUT2D eigenvalue weighted by atomic mass is 16.5. The molecule has 5 heteroatoms. The third-order valence-corrected chi connectivity index (χ3v) is 4.31. The number of carboxylic acids is 1. The first-order chi connectivity index (χ1) is 10.1. The minimum absolute atomic E-state index is 0.136. The molecule has 0 saturated carbocycles. The fourth-order valence-corrected chi connectivity index (χ4v) is 3.08. The van der Waals surface area contributed by atoms with Gasteiger partial charge in [0, 0.05) is 31.9 Å². The van der Waals surface area contributed by atoms with Crippen molar-refractivity contribution in [3.8, 4) is 0 Å². The summed E-state index contributed by atoms with van der Waals surface area (Å²) >= 11 is 0. The number of carbonyl (C=O) groups excluding carboxylic acids is 1. The zero-order valence-electron chi connectivity index (χ0n) is 11.9. The quantitative estimate of drug-likeness (QED) is 0.925. The Morgan fingerprint density at radius 3 is 2.76 bits per heavy atom. The zero-order valence-corrected chi connectivity index (χ0v) is 11.9. The number of hydrogen-bond acceptors (Lipinski definition) is 3. The van der Waals surface area contributed by atoms with E-state index in [9.17, 15) is 9.59 Å². The van der Waals surface area contributed by atoms with Crippen LogP contribution in [0.15, 0.2) is 18.2 Å². The van der Waals surface area contributed by atoms with Gasteiger partial charge in [-0.3, -0.25) is 4.79 Å². The first-order valence-corrected chi connectivity index (χ1v) is 7.39. The Morgan fingerprint density at radius 2 is 2.05 bits per heavy atom. The summed E-state index contributed by atoms with van der Waals surface area (Å²) in [6, 6.07) is 5.05. The van der Waals surface area contributed by atoms with Crippen LogP contribution < -0.4 is 4.90 Å². The molecule has 5 nitrogen and oxygen atoms in total. The van der Waals surface area contributed by atoms with E-state index in [1.165, 1.54) is 0 Å². The molecule has 0 spiro atoms. The molecule has 0 radical (unpaired) electrons. The number of aryl methyl sites for hydroxylation is 1. The molecule has 2 aliphatic rings. The first kappa shape index (κ1) is 14.1. The largest absolute Gasteiger partial charge is 0.478 e. The third-order valence-electron chi connectivity index (χ3n) is 4.31. The van der Waals surface area contributed by atoms with Crippen LogP contribution in [0, 0.1) is 5.92 Å². The van der Waals surface area contributed by atoms with Gasteiger partial charge in [-0.25, -0.2) is 4.79 Å². The number of carboxylic acid groups (broad SMARTS) is 1. The number of carbonyl (C=O) groups is 2. The summed E-state index contributed by atoms with van der Waals surface area (Å²) in [6.07, 6.45) is 3.04. The fraction of sp³-hybridized carbons (Fsp3) is 0.500. The molecule has 112 valence electrons. The van der Waals surface area contributed by atoms with Gasteiger partial charge in [-0.2, -0.15) is 0 Å². The van der Waals surface area contributed by atoms with E-state index in [4.69, 9.17) is 9.84 Å². The number of ether oxygens (including phenoxy) is 1. The number of amides is 1. The van der Waals surface area contributed by atoms with Gasteiger partial charge in [0.1, 0.15) is 0 Å². The maximum absolute atomic E-state index is 12.2. The van der Waals surface area contributed by atoms with E-state index in [1.807, 2.05) is 4.90 Å². The van der Waals surface area contributed by atoms with Gasteiger partial charge < -0.3 is 14.7 Å². The second kappa shape index (κ2) is 5.85. The Labute approximate surface area is 123 Å². The molecule has 2 heterocycles. The van der Waals surface area contributed by atoms with Gasteiger partial charge in [0.15, 0.2) is 0 Å². The number of aromatic carboxylic acids is 1. The molecule has 0 aromatic heterocycles. The van der Waals surface area contributed by atoms with Crippen molar-refractivity contribution in [1.29, 1.82) is 0 Å². The summed E-state index contributed by atoms with van der Waals surface area (Å²) < 4.78 is 5.36. The van der Waals surface area contributed by atoms with Gasteiger partial charge in [0.25, 0.3) is 0 Å². The van der Waals surface area contributed by atoms with Crippen molar-refractivity contribution >= 4 is 17.6 Å². The van der Waals surface area contributed by atoms with Gasteiger partial charge in [0.2, 0.25) is 5.91 Å². The summed E-state index contributed by atoms with van der Waals surface area (Å²) in [5, 5.41) is 9.07. The number of fused-ring (bicyclic) bond motifs is 1. The number of rotatable bonds is 3. The van der Waals surface area contributed by atoms with Gasteiger partial charge in [0.05, 0.1) is 5.56 Å². The maximum atomic E-state index is 12.2. The van der Waals surface area contributed by atoms with Crippen LogP contribution in [0.1, 0.15) is 35.2 Å². The summed E-state index contributed by atoms with van der Waals surface area (Å²) in [5.74, 6) is -0.324. The van der Waals surface area contributed by atoms with Crippen molar-refractivity contribution < 1.29 is 19.4 Å². The second-order valence-electron chi connectivity index (χ2n) is 5.71. The van der Waals surface area contributed by atoms with Crippen molar-refractivity contribution in [2.24, 2.45) is 5.92 Å². The number of benzene rings is 1. The fourth-order valence-electron chi connectivity index (χ4n) is 3.08. The molecule has 1 aromatic carbocycles. The van der Waals surface area contributed by atoms with Gasteiger partial charge in [-0.15, -0.1) is 0 Å². The lowest BCUT2D eigenvalue weighted by Gasteiger charge is -2.34. The van der Waals surface area contributed by atoms with E-state index in [1.54, 1.807) is 18.2 Å². The molecule has 0 unspecified atom stereocenters. The van der Waals surface area contributed by atoms with Gasteiger partial charge in [-0.05, 0) is 48.9 Å². The first-order valence-electron chi connectivity index (χ1n) is 7.39. The maximum Gasteiger partial charge on any atom is 0.335 e. The van der Waals surface area contributed by atoms with Crippen molar-refractivity contribution in [1.82, 2.24) is 0 Å². The Kier molecular flexibility index (Phi) is 3.92. The van der Waals surface area contributed by atoms with Crippen molar-refractivity contribution in [2.45, 2.75) is 25.7 Å². The number of nitrogens with zero attached hydrogens (tertiary/aromatic N) is 1. The second-order valence-corrected chi connectivity index (χ2v) is 5.71.